The van der Waals surface area contributed by atoms with Crippen molar-refractivity contribution in [2.24, 2.45) is 53.3 Å². The number of hydrogen-bond donors (Lipinski definition) is 0. The molecule has 8 aliphatic rings. The van der Waals surface area contributed by atoms with Crippen molar-refractivity contribution in [2.45, 2.75) is 242 Å². The number of unbranched alkanes of at least 4 members (excludes halogenated alkanes) is 3. The third kappa shape index (κ3) is 8.38. The van der Waals surface area contributed by atoms with E-state index in [0.29, 0.717) is 0 Å². The predicted octanol–water partition coefficient (Wildman–Crippen LogP) is 13.5. The topological polar surface area (TPSA) is 15.7 Å². The molecule has 8 fully saturated rings. The third-order valence-electron chi connectivity index (χ3n) is 18.7. The Bertz CT molecular complexity index is 1320. The number of rotatable bonds is 13. The summed E-state index contributed by atoms with van der Waals surface area (Å²) in [4.78, 5) is 6.75. The van der Waals surface area contributed by atoms with Gasteiger partial charge in [0, 0.05) is 30.8 Å². The van der Waals surface area contributed by atoms with Gasteiger partial charge in [0.25, 0.3) is 0 Å². The molecule has 56 heavy (non-hydrogen) atoms. The maximum absolute atomic E-state index is 6.26. The molecule has 6 aliphatic carbocycles. The zero-order valence-corrected chi connectivity index (χ0v) is 42.2. The first kappa shape index (κ1) is 43.2. The molecule has 0 N–H and O–H groups in total. The van der Waals surface area contributed by atoms with Gasteiger partial charge in [-0.05, 0) is 149 Å². The van der Waals surface area contributed by atoms with E-state index < -0.39 is 24.2 Å². The number of nitrogens with zero attached hydrogens (tertiary/aromatic N) is 2. The third-order valence-corrected chi connectivity index (χ3v) is 27.4. The highest BCUT2D eigenvalue weighted by atomic mass is 28.3. The van der Waals surface area contributed by atoms with Gasteiger partial charge in [-0.2, -0.15) is 0 Å². The highest BCUT2D eigenvalue weighted by Crippen LogP contribution is 2.73. The Morgan fingerprint density at radius 3 is 1.52 bits per heavy atom. The quantitative estimate of drug-likeness (QED) is 0.136. The lowest BCUT2D eigenvalue weighted by atomic mass is 9.73. The zero-order valence-electron chi connectivity index (χ0n) is 39.2. The largest absolute Gasteiger partial charge is 0.376 e. The molecule has 322 valence electrons. The minimum Gasteiger partial charge on any atom is -0.376 e. The van der Waals surface area contributed by atoms with Gasteiger partial charge in [-0.1, -0.05) is 129 Å². The molecular weight excluding hydrogens is 729 g/mol. The van der Waals surface area contributed by atoms with Crippen LogP contribution in [0, 0.1) is 53.3 Å². The van der Waals surface area contributed by atoms with E-state index in [2.05, 4.69) is 83.3 Å². The highest BCUT2D eigenvalue weighted by Gasteiger charge is 2.72. The van der Waals surface area contributed by atoms with Crippen LogP contribution in [0.5, 0.6) is 0 Å². The number of likely N-dealkylation sites (tertiary alicyclic amines) is 2. The van der Waals surface area contributed by atoms with Crippen molar-refractivity contribution in [1.82, 2.24) is 9.80 Å². The van der Waals surface area contributed by atoms with E-state index in [-0.39, 0.29) is 5.60 Å². The summed E-state index contributed by atoms with van der Waals surface area (Å²) in [7, 11) is -4.25. The lowest BCUT2D eigenvalue weighted by Crippen LogP contribution is -2.52. The van der Waals surface area contributed by atoms with Crippen LogP contribution in [-0.2, 0) is 4.74 Å². The Morgan fingerprint density at radius 2 is 0.982 bits per heavy atom. The highest BCUT2D eigenvalue weighted by molar-refractivity contribution is 6.82. The van der Waals surface area contributed by atoms with Crippen LogP contribution >= 0.6 is 0 Å². The van der Waals surface area contributed by atoms with Crippen LogP contribution in [-0.4, -0.2) is 82.7 Å². The van der Waals surface area contributed by atoms with Gasteiger partial charge < -0.3 is 4.74 Å². The molecule has 0 bridgehead atoms. The lowest BCUT2D eigenvalue weighted by Gasteiger charge is -2.53. The first-order chi connectivity index (χ1) is 26.5. The van der Waals surface area contributed by atoms with E-state index in [9.17, 15) is 0 Å². The summed E-state index contributed by atoms with van der Waals surface area (Å²) in [6.45, 7) is 29.8. The average molecular weight is 824 g/mol. The second kappa shape index (κ2) is 16.7. The molecule has 2 aliphatic heterocycles. The van der Waals surface area contributed by atoms with Crippen molar-refractivity contribution in [3.05, 3.63) is 0 Å². The summed E-state index contributed by atoms with van der Waals surface area (Å²) in [5, 5.41) is 0. The maximum Gasteiger partial charge on any atom is 0.0599 e. The van der Waals surface area contributed by atoms with Gasteiger partial charge in [0.15, 0.2) is 0 Å². The SMILES string of the molecule is CC1CCC2C(C1)C1C(C3CCCCC3C1[Si](C)(CCCCCCOC(C)(C)C)C1C3CCCCC3C3C1C1CCCCC1N3C[Si](C)(C)C)N2C[Si](C)(C)C. The van der Waals surface area contributed by atoms with Crippen LogP contribution in [0.3, 0.4) is 0 Å². The first-order valence-corrected chi connectivity index (χ1v) is 35.9. The van der Waals surface area contributed by atoms with E-state index >= 15 is 0 Å². The van der Waals surface area contributed by atoms with Gasteiger partial charge in [-0.25, -0.2) is 0 Å². The molecule has 6 saturated carbocycles. The van der Waals surface area contributed by atoms with Crippen molar-refractivity contribution < 1.29 is 4.74 Å². The van der Waals surface area contributed by atoms with Gasteiger partial charge in [-0.3, -0.25) is 9.80 Å². The fourth-order valence-electron chi connectivity index (χ4n) is 17.6. The molecule has 8 rings (SSSR count). The first-order valence-electron chi connectivity index (χ1n) is 25.6. The zero-order chi connectivity index (χ0) is 39.8. The van der Waals surface area contributed by atoms with Gasteiger partial charge in [0.05, 0.1) is 29.8 Å². The van der Waals surface area contributed by atoms with Crippen LogP contribution < -0.4 is 0 Å². The van der Waals surface area contributed by atoms with Crippen LogP contribution in [0.1, 0.15) is 150 Å². The molecule has 0 amide bonds. The summed E-state index contributed by atoms with van der Waals surface area (Å²) in [5.74, 6) is 9.21. The summed E-state index contributed by atoms with van der Waals surface area (Å²) in [6, 6.07) is 5.40. The molecule has 0 aromatic heterocycles. The molecule has 6 heteroatoms. The second-order valence-corrected chi connectivity index (χ2v) is 41.9. The minimum atomic E-state index is -1.78. The van der Waals surface area contributed by atoms with Crippen molar-refractivity contribution in [3.63, 3.8) is 0 Å². The molecule has 0 aromatic rings. The van der Waals surface area contributed by atoms with Gasteiger partial charge >= 0.3 is 0 Å². The van der Waals surface area contributed by atoms with Crippen LogP contribution in [0.25, 0.3) is 0 Å². The Kier molecular flexibility index (Phi) is 12.9. The number of ether oxygens (including phenoxy) is 1. The molecule has 16 unspecified atom stereocenters. The summed E-state index contributed by atoms with van der Waals surface area (Å²) >= 11 is 0. The standard InChI is InChI=1S/C50H94N2OSi3/c1-35-28-29-43-41(32-35)45-47(52(43)34-55(8,9)10)37-23-15-17-25-39(37)49(45)56(11,31-21-13-12-20-30-53-50(2,3)4)48-38-24-16-14-22-36(38)46-44(48)40-26-18-19-27-42(40)51(46)33-54(5,6)7/h35-49H,12-34H2,1-11H3. The maximum atomic E-state index is 6.26. The van der Waals surface area contributed by atoms with Crippen LogP contribution in [0.15, 0.2) is 0 Å². The molecule has 0 spiro atoms. The Labute approximate surface area is 351 Å². The Morgan fingerprint density at radius 1 is 0.518 bits per heavy atom. The van der Waals surface area contributed by atoms with Gasteiger partial charge in [0.2, 0.25) is 0 Å². The van der Waals surface area contributed by atoms with Gasteiger partial charge in [-0.15, -0.1) is 0 Å². The number of fused-ring (bicyclic) bond motifs is 10. The van der Waals surface area contributed by atoms with E-state index in [4.69, 9.17) is 4.74 Å². The summed E-state index contributed by atoms with van der Waals surface area (Å²) < 4.78 is 6.26. The molecule has 2 heterocycles. The molecule has 16 atom stereocenters. The molecular formula is C50H94N2OSi3. The minimum absolute atomic E-state index is 0.00265. The van der Waals surface area contributed by atoms with Crippen molar-refractivity contribution in [3.8, 4) is 0 Å². The molecule has 0 radical (unpaired) electrons. The van der Waals surface area contributed by atoms with Gasteiger partial charge in [0.1, 0.15) is 0 Å². The molecule has 2 saturated heterocycles. The normalized spacial score (nSPS) is 44.1. The molecule has 3 nitrogen and oxygen atoms in total. The fraction of sp³-hybridized carbons (Fsp3) is 1.00. The van der Waals surface area contributed by atoms with E-state index in [1.165, 1.54) is 83.0 Å². The summed E-state index contributed by atoms with van der Waals surface area (Å²) in [6.07, 6.45) is 31.9. The van der Waals surface area contributed by atoms with E-state index in [1.807, 2.05) is 0 Å². The smallest absolute Gasteiger partial charge is 0.0599 e. The second-order valence-electron chi connectivity index (χ2n) is 26.2. The Hall–Kier alpha value is 0.531. The van der Waals surface area contributed by atoms with Crippen molar-refractivity contribution in [1.29, 1.82) is 0 Å². The lowest BCUT2D eigenvalue weighted by molar-refractivity contribution is -0.00471. The van der Waals surface area contributed by atoms with E-state index in [0.717, 1.165) is 95.1 Å². The summed E-state index contributed by atoms with van der Waals surface area (Å²) in [5.41, 5.74) is 2.21. The van der Waals surface area contributed by atoms with Crippen molar-refractivity contribution >= 4 is 24.2 Å². The Balaban J connectivity index is 1.21. The molecule has 0 aromatic carbocycles. The predicted molar refractivity (Wildman–Crippen MR) is 250 cm³/mol. The van der Waals surface area contributed by atoms with E-state index in [1.54, 1.807) is 57.4 Å². The van der Waals surface area contributed by atoms with Crippen molar-refractivity contribution in [2.75, 3.05) is 18.9 Å². The average Bonchev–Trinajstić information content (AvgIpc) is 3.82. The number of hydrogen-bond acceptors (Lipinski definition) is 3. The fourth-order valence-corrected chi connectivity index (χ4v) is 28.3. The monoisotopic (exact) mass is 823 g/mol. The van der Waals surface area contributed by atoms with Crippen LogP contribution in [0.2, 0.25) is 63.0 Å². The van der Waals surface area contributed by atoms with Crippen LogP contribution in [0.4, 0.5) is 0 Å².